The number of rotatable bonds is 13. The van der Waals surface area contributed by atoms with Crippen molar-refractivity contribution in [3.05, 3.63) is 66.2 Å². The summed E-state index contributed by atoms with van der Waals surface area (Å²) in [5, 5.41) is 14.2. The highest BCUT2D eigenvalue weighted by Gasteiger charge is 2.38. The van der Waals surface area contributed by atoms with Crippen molar-refractivity contribution in [1.29, 1.82) is 0 Å². The molecule has 0 aliphatic rings. The van der Waals surface area contributed by atoms with E-state index in [0.29, 0.717) is 0 Å². The smallest absolute Gasteiger partial charge is 0.243 e. The molecule has 2 amide bonds. The predicted octanol–water partition coefficient (Wildman–Crippen LogP) is 2.57. The van der Waals surface area contributed by atoms with Crippen LogP contribution in [-0.4, -0.2) is 54.9 Å². The molecule has 0 aliphatic heterocycles. The van der Waals surface area contributed by atoms with E-state index in [1.54, 1.807) is 39.0 Å². The molecule has 0 radical (unpaired) electrons. The van der Waals surface area contributed by atoms with Crippen molar-refractivity contribution in [2.24, 2.45) is 23.0 Å². The molecular weight excluding hydrogens is 478 g/mol. The Morgan fingerprint density at radius 2 is 1.50 bits per heavy atom. The topological polar surface area (TPSA) is 130 Å². The first-order chi connectivity index (χ1) is 16.8. The number of hydrogen-bond acceptors (Lipinski definition) is 5. The van der Waals surface area contributed by atoms with Crippen LogP contribution in [0.15, 0.2) is 65.6 Å². The van der Waals surface area contributed by atoms with Crippen LogP contribution in [0.3, 0.4) is 0 Å². The second-order valence-corrected chi connectivity index (χ2v) is 12.1. The summed E-state index contributed by atoms with van der Waals surface area (Å²) in [6.45, 7) is 8.59. The maximum absolute atomic E-state index is 13.4. The molecule has 0 bridgehead atoms. The van der Waals surface area contributed by atoms with E-state index in [1.807, 2.05) is 44.2 Å². The number of carbonyl (C=O) groups excluding carboxylic acids is 2. The van der Waals surface area contributed by atoms with Crippen LogP contribution >= 0.6 is 0 Å². The molecule has 0 saturated carbocycles. The van der Waals surface area contributed by atoms with Gasteiger partial charge in [-0.05, 0) is 30.0 Å². The van der Waals surface area contributed by atoms with Crippen molar-refractivity contribution in [2.75, 3.05) is 13.1 Å². The number of nitrogens with two attached hydrogens (primary N) is 1. The van der Waals surface area contributed by atoms with Gasteiger partial charge in [0.2, 0.25) is 21.8 Å². The SMILES string of the molecule is CC(C)CN(C[C@@H](O)C(Cc1ccccc1)NC(=O)[C@H](C)C(C)(C)C(N)=O)S(=O)(=O)c1ccccc1. The first-order valence-electron chi connectivity index (χ1n) is 12.1. The lowest BCUT2D eigenvalue weighted by atomic mass is 9.78. The number of aliphatic hydroxyl groups excluding tert-OH is 1. The highest BCUT2D eigenvalue weighted by molar-refractivity contribution is 7.89. The second-order valence-electron chi connectivity index (χ2n) is 10.2. The van der Waals surface area contributed by atoms with Gasteiger partial charge < -0.3 is 16.2 Å². The molecule has 2 rings (SSSR count). The van der Waals surface area contributed by atoms with Gasteiger partial charge in [-0.25, -0.2) is 8.42 Å². The maximum Gasteiger partial charge on any atom is 0.243 e. The number of benzene rings is 2. The molecule has 0 aromatic heterocycles. The number of primary amides is 1. The summed E-state index contributed by atoms with van der Waals surface area (Å²) >= 11 is 0. The third-order valence-corrected chi connectivity index (χ3v) is 8.39. The third-order valence-electron chi connectivity index (χ3n) is 6.54. The van der Waals surface area contributed by atoms with Crippen molar-refractivity contribution in [3.63, 3.8) is 0 Å². The summed E-state index contributed by atoms with van der Waals surface area (Å²) in [5.41, 5.74) is 5.26. The van der Waals surface area contributed by atoms with Gasteiger partial charge in [0, 0.05) is 19.0 Å². The Kier molecular flexibility index (Phi) is 10.2. The zero-order chi connectivity index (χ0) is 27.1. The normalized spacial score (nSPS) is 14.9. The molecular formula is C27H39N3O5S. The molecule has 4 N–H and O–H groups in total. The molecule has 8 nitrogen and oxygen atoms in total. The van der Waals surface area contributed by atoms with E-state index in [0.717, 1.165) is 5.56 Å². The highest BCUT2D eigenvalue weighted by Crippen LogP contribution is 2.27. The Morgan fingerprint density at radius 1 is 0.972 bits per heavy atom. The lowest BCUT2D eigenvalue weighted by Gasteiger charge is -2.33. The van der Waals surface area contributed by atoms with Gasteiger partial charge >= 0.3 is 0 Å². The molecule has 0 spiro atoms. The monoisotopic (exact) mass is 517 g/mol. The van der Waals surface area contributed by atoms with Crippen LogP contribution in [0.2, 0.25) is 0 Å². The average Bonchev–Trinajstić information content (AvgIpc) is 2.83. The zero-order valence-electron chi connectivity index (χ0n) is 21.7. The van der Waals surface area contributed by atoms with Gasteiger partial charge in [-0.2, -0.15) is 4.31 Å². The summed E-state index contributed by atoms with van der Waals surface area (Å²) in [6, 6.07) is 16.6. The number of sulfonamides is 1. The summed E-state index contributed by atoms with van der Waals surface area (Å²) in [6.07, 6.45) is -0.937. The zero-order valence-corrected chi connectivity index (χ0v) is 22.5. The number of nitrogens with one attached hydrogen (secondary N) is 1. The number of hydrogen-bond donors (Lipinski definition) is 3. The summed E-state index contributed by atoms with van der Waals surface area (Å²) in [5.74, 6) is -1.81. The second kappa shape index (κ2) is 12.5. The molecule has 1 unspecified atom stereocenters. The standard InChI is InChI=1S/C27H39N3O5S/c1-19(2)17-30(36(34,35)22-14-10-7-11-15-22)18-24(31)23(16-21-12-8-6-9-13-21)29-25(32)20(3)27(4,5)26(28)33/h6-15,19-20,23-24,31H,16-18H2,1-5H3,(H2,28,33)(H,29,32)/t20-,23?,24+/m0/s1. The lowest BCUT2D eigenvalue weighted by Crippen LogP contribution is -2.54. The molecule has 36 heavy (non-hydrogen) atoms. The predicted molar refractivity (Wildman–Crippen MR) is 140 cm³/mol. The summed E-state index contributed by atoms with van der Waals surface area (Å²) in [4.78, 5) is 25.1. The average molecular weight is 518 g/mol. The summed E-state index contributed by atoms with van der Waals surface area (Å²) in [7, 11) is -3.88. The number of nitrogens with zero attached hydrogens (tertiary/aromatic N) is 1. The quantitative estimate of drug-likeness (QED) is 0.376. The molecule has 0 fully saturated rings. The van der Waals surface area contributed by atoms with Gasteiger partial charge in [0.15, 0.2) is 0 Å². The Balaban J connectivity index is 2.35. The maximum atomic E-state index is 13.4. The largest absolute Gasteiger partial charge is 0.390 e. The van der Waals surface area contributed by atoms with E-state index in [1.165, 1.54) is 16.4 Å². The Morgan fingerprint density at radius 3 is 2.00 bits per heavy atom. The minimum Gasteiger partial charge on any atom is -0.390 e. The van der Waals surface area contributed by atoms with Gasteiger partial charge in [-0.15, -0.1) is 0 Å². The van der Waals surface area contributed by atoms with Gasteiger partial charge in [-0.1, -0.05) is 83.1 Å². The molecule has 0 saturated heterocycles. The summed E-state index contributed by atoms with van der Waals surface area (Å²) < 4.78 is 28.1. The van der Waals surface area contributed by atoms with E-state index < -0.39 is 45.3 Å². The minimum atomic E-state index is -3.88. The molecule has 0 aliphatic carbocycles. The van der Waals surface area contributed by atoms with Crippen molar-refractivity contribution < 1.29 is 23.1 Å². The van der Waals surface area contributed by atoms with Crippen molar-refractivity contribution in [3.8, 4) is 0 Å². The van der Waals surface area contributed by atoms with Crippen LogP contribution in [0.4, 0.5) is 0 Å². The Hall–Kier alpha value is -2.75. The number of amides is 2. The fourth-order valence-electron chi connectivity index (χ4n) is 3.76. The molecule has 198 valence electrons. The van der Waals surface area contributed by atoms with E-state index >= 15 is 0 Å². The molecule has 0 heterocycles. The fraction of sp³-hybridized carbons (Fsp3) is 0.481. The van der Waals surface area contributed by atoms with Crippen LogP contribution in [0.25, 0.3) is 0 Å². The Bertz CT molecular complexity index is 1100. The number of aliphatic hydroxyl groups is 1. The first kappa shape index (κ1) is 29.5. The first-order valence-corrected chi connectivity index (χ1v) is 13.6. The van der Waals surface area contributed by atoms with E-state index in [4.69, 9.17) is 5.73 Å². The van der Waals surface area contributed by atoms with Crippen LogP contribution in [0.1, 0.15) is 40.2 Å². The van der Waals surface area contributed by atoms with Crippen LogP contribution in [-0.2, 0) is 26.0 Å². The van der Waals surface area contributed by atoms with Crippen molar-refractivity contribution in [2.45, 2.75) is 58.1 Å². The third kappa shape index (κ3) is 7.62. The van der Waals surface area contributed by atoms with Crippen molar-refractivity contribution >= 4 is 21.8 Å². The molecule has 2 aromatic carbocycles. The van der Waals surface area contributed by atoms with Crippen LogP contribution < -0.4 is 11.1 Å². The molecule has 3 atom stereocenters. The van der Waals surface area contributed by atoms with Crippen molar-refractivity contribution in [1.82, 2.24) is 9.62 Å². The van der Waals surface area contributed by atoms with E-state index in [9.17, 15) is 23.1 Å². The van der Waals surface area contributed by atoms with Gasteiger partial charge in [0.1, 0.15) is 0 Å². The van der Waals surface area contributed by atoms with E-state index in [-0.39, 0.29) is 30.3 Å². The molecule has 9 heteroatoms. The van der Waals surface area contributed by atoms with Gasteiger partial charge in [0.05, 0.1) is 22.5 Å². The minimum absolute atomic E-state index is 0.00856. The van der Waals surface area contributed by atoms with E-state index in [2.05, 4.69) is 5.32 Å². The lowest BCUT2D eigenvalue weighted by molar-refractivity contribution is -0.138. The van der Waals surface area contributed by atoms with Gasteiger partial charge in [-0.3, -0.25) is 9.59 Å². The highest BCUT2D eigenvalue weighted by atomic mass is 32.2. The Labute approximate surface area is 214 Å². The molecule has 2 aromatic rings. The van der Waals surface area contributed by atoms with Crippen LogP contribution in [0.5, 0.6) is 0 Å². The van der Waals surface area contributed by atoms with Gasteiger partial charge in [0.25, 0.3) is 0 Å². The number of carbonyl (C=O) groups is 2. The van der Waals surface area contributed by atoms with Crippen LogP contribution in [0, 0.1) is 17.3 Å². The fourth-order valence-corrected chi connectivity index (χ4v) is 5.40.